The summed E-state index contributed by atoms with van der Waals surface area (Å²) in [7, 11) is 0. The van der Waals surface area contributed by atoms with Gasteiger partial charge in [-0.05, 0) is 41.3 Å². The zero-order valence-electron chi connectivity index (χ0n) is 12.2. The molecule has 0 aliphatic rings. The number of benzene rings is 2. The summed E-state index contributed by atoms with van der Waals surface area (Å²) in [6.45, 7) is 3.94. The summed E-state index contributed by atoms with van der Waals surface area (Å²) in [5.41, 5.74) is 13.3. The highest BCUT2D eigenvalue weighted by Crippen LogP contribution is 2.32. The molecule has 4 N–H and O–H groups in total. The molecular formula is C17H20F2N2. The fourth-order valence-electron chi connectivity index (χ4n) is 2.53. The summed E-state index contributed by atoms with van der Waals surface area (Å²) >= 11 is 0. The largest absolute Gasteiger partial charge is 0.325 e. The zero-order valence-corrected chi connectivity index (χ0v) is 12.2. The number of rotatable bonds is 4. The SMILES string of the molecule is CC(C)C(N)C(N)(c1ccc(F)cc1)c1ccc(F)cc1. The van der Waals surface area contributed by atoms with Crippen LogP contribution in [0.5, 0.6) is 0 Å². The first kappa shape index (κ1) is 15.6. The second kappa shape index (κ2) is 5.92. The van der Waals surface area contributed by atoms with Crippen LogP contribution >= 0.6 is 0 Å². The Labute approximate surface area is 123 Å². The van der Waals surface area contributed by atoms with Crippen molar-refractivity contribution in [2.45, 2.75) is 25.4 Å². The first-order valence-electron chi connectivity index (χ1n) is 6.92. The van der Waals surface area contributed by atoms with Gasteiger partial charge in [-0.15, -0.1) is 0 Å². The smallest absolute Gasteiger partial charge is 0.123 e. The van der Waals surface area contributed by atoms with Crippen LogP contribution in [0.3, 0.4) is 0 Å². The van der Waals surface area contributed by atoms with Crippen molar-refractivity contribution in [3.05, 3.63) is 71.3 Å². The molecule has 0 aliphatic heterocycles. The van der Waals surface area contributed by atoms with Gasteiger partial charge in [0.05, 0.1) is 5.54 Å². The van der Waals surface area contributed by atoms with Gasteiger partial charge in [0.2, 0.25) is 0 Å². The summed E-state index contributed by atoms with van der Waals surface area (Å²) < 4.78 is 26.3. The van der Waals surface area contributed by atoms with Crippen molar-refractivity contribution in [2.24, 2.45) is 17.4 Å². The maximum atomic E-state index is 13.2. The maximum absolute atomic E-state index is 13.2. The Morgan fingerprint density at radius 1 is 0.810 bits per heavy atom. The second-order valence-corrected chi connectivity index (χ2v) is 5.65. The second-order valence-electron chi connectivity index (χ2n) is 5.65. The van der Waals surface area contributed by atoms with Crippen LogP contribution in [-0.4, -0.2) is 6.04 Å². The van der Waals surface area contributed by atoms with E-state index in [1.807, 2.05) is 13.8 Å². The molecule has 1 atom stereocenters. The molecule has 0 fully saturated rings. The summed E-state index contributed by atoms with van der Waals surface area (Å²) in [5.74, 6) is -0.568. The highest BCUT2D eigenvalue weighted by molar-refractivity contribution is 5.40. The number of nitrogens with two attached hydrogens (primary N) is 2. The van der Waals surface area contributed by atoms with E-state index < -0.39 is 11.6 Å². The average molecular weight is 290 g/mol. The molecule has 0 saturated heterocycles. The van der Waals surface area contributed by atoms with Crippen molar-refractivity contribution < 1.29 is 8.78 Å². The predicted molar refractivity (Wildman–Crippen MR) is 80.6 cm³/mol. The fourth-order valence-corrected chi connectivity index (χ4v) is 2.53. The van der Waals surface area contributed by atoms with Gasteiger partial charge < -0.3 is 11.5 Å². The predicted octanol–water partition coefficient (Wildman–Crippen LogP) is 3.15. The monoisotopic (exact) mass is 290 g/mol. The van der Waals surface area contributed by atoms with E-state index in [1.165, 1.54) is 24.3 Å². The lowest BCUT2D eigenvalue weighted by Crippen LogP contribution is -2.55. The Hall–Kier alpha value is -1.78. The molecule has 2 aromatic rings. The normalized spacial score (nSPS) is 13.5. The van der Waals surface area contributed by atoms with Gasteiger partial charge in [-0.25, -0.2) is 8.78 Å². The van der Waals surface area contributed by atoms with Gasteiger partial charge in [0.25, 0.3) is 0 Å². The van der Waals surface area contributed by atoms with Crippen molar-refractivity contribution in [1.82, 2.24) is 0 Å². The molecule has 0 heterocycles. The van der Waals surface area contributed by atoms with Gasteiger partial charge in [-0.2, -0.15) is 0 Å². The minimum Gasteiger partial charge on any atom is -0.325 e. The van der Waals surface area contributed by atoms with E-state index >= 15 is 0 Å². The number of halogens is 2. The van der Waals surface area contributed by atoms with E-state index in [9.17, 15) is 8.78 Å². The third kappa shape index (κ3) is 2.96. The molecule has 0 aromatic heterocycles. The molecule has 0 aliphatic carbocycles. The van der Waals surface area contributed by atoms with Gasteiger partial charge in [-0.3, -0.25) is 0 Å². The van der Waals surface area contributed by atoms with Crippen LogP contribution in [0.25, 0.3) is 0 Å². The van der Waals surface area contributed by atoms with Crippen LogP contribution in [-0.2, 0) is 5.54 Å². The van der Waals surface area contributed by atoms with E-state index in [0.717, 1.165) is 0 Å². The van der Waals surface area contributed by atoms with Crippen LogP contribution in [0, 0.1) is 17.6 Å². The number of hydrogen-bond acceptors (Lipinski definition) is 2. The Bertz CT molecular complexity index is 546. The van der Waals surface area contributed by atoms with E-state index in [0.29, 0.717) is 11.1 Å². The number of hydrogen-bond donors (Lipinski definition) is 2. The molecule has 2 rings (SSSR count). The van der Waals surface area contributed by atoms with Crippen molar-refractivity contribution in [3.8, 4) is 0 Å². The van der Waals surface area contributed by atoms with Crippen LogP contribution in [0.1, 0.15) is 25.0 Å². The van der Waals surface area contributed by atoms with Crippen molar-refractivity contribution in [2.75, 3.05) is 0 Å². The summed E-state index contributed by atoms with van der Waals surface area (Å²) in [6, 6.07) is 11.5. The third-order valence-electron chi connectivity index (χ3n) is 3.89. The van der Waals surface area contributed by atoms with E-state index in [-0.39, 0.29) is 17.6 Å². The minimum absolute atomic E-state index is 0.102. The zero-order chi connectivity index (χ0) is 15.6. The molecule has 4 heteroatoms. The summed E-state index contributed by atoms with van der Waals surface area (Å²) in [5, 5.41) is 0. The lowest BCUT2D eigenvalue weighted by molar-refractivity contribution is 0.337. The van der Waals surface area contributed by atoms with E-state index in [1.54, 1.807) is 24.3 Å². The standard InChI is InChI=1S/C17H20F2N2/c1-11(2)16(20)17(21,12-3-7-14(18)8-4-12)13-5-9-15(19)10-6-13/h3-11,16H,20-21H2,1-2H3. The van der Waals surface area contributed by atoms with Crippen LogP contribution in [0.2, 0.25) is 0 Å². The summed E-state index contributed by atoms with van der Waals surface area (Å²) in [4.78, 5) is 0. The van der Waals surface area contributed by atoms with Crippen LogP contribution < -0.4 is 11.5 Å². The molecule has 0 saturated carbocycles. The molecule has 0 spiro atoms. The van der Waals surface area contributed by atoms with E-state index in [2.05, 4.69) is 0 Å². The fraction of sp³-hybridized carbons (Fsp3) is 0.294. The molecule has 112 valence electrons. The average Bonchev–Trinajstić information content (AvgIpc) is 2.47. The molecule has 0 bridgehead atoms. The first-order chi connectivity index (χ1) is 9.85. The lowest BCUT2D eigenvalue weighted by atomic mass is 9.74. The third-order valence-corrected chi connectivity index (χ3v) is 3.89. The van der Waals surface area contributed by atoms with Gasteiger partial charge in [-0.1, -0.05) is 38.1 Å². The van der Waals surface area contributed by atoms with Crippen LogP contribution in [0.15, 0.2) is 48.5 Å². The Morgan fingerprint density at radius 2 is 1.14 bits per heavy atom. The Kier molecular flexibility index (Phi) is 4.40. The quantitative estimate of drug-likeness (QED) is 0.909. The summed E-state index contributed by atoms with van der Waals surface area (Å²) in [6.07, 6.45) is 0. The first-order valence-corrected chi connectivity index (χ1v) is 6.92. The molecule has 1 unspecified atom stereocenters. The highest BCUT2D eigenvalue weighted by Gasteiger charge is 2.38. The van der Waals surface area contributed by atoms with Crippen molar-refractivity contribution in [1.29, 1.82) is 0 Å². The molecule has 21 heavy (non-hydrogen) atoms. The highest BCUT2D eigenvalue weighted by atomic mass is 19.1. The maximum Gasteiger partial charge on any atom is 0.123 e. The van der Waals surface area contributed by atoms with Gasteiger partial charge in [0, 0.05) is 6.04 Å². The topological polar surface area (TPSA) is 52.0 Å². The minimum atomic E-state index is -1.00. The lowest BCUT2D eigenvalue weighted by Gasteiger charge is -2.38. The Morgan fingerprint density at radius 3 is 1.43 bits per heavy atom. The van der Waals surface area contributed by atoms with Gasteiger partial charge >= 0.3 is 0 Å². The molecule has 2 aromatic carbocycles. The Balaban J connectivity index is 2.58. The molecule has 2 nitrogen and oxygen atoms in total. The van der Waals surface area contributed by atoms with Crippen molar-refractivity contribution >= 4 is 0 Å². The van der Waals surface area contributed by atoms with E-state index in [4.69, 9.17) is 11.5 Å². The van der Waals surface area contributed by atoms with Crippen molar-refractivity contribution in [3.63, 3.8) is 0 Å². The molecule has 0 radical (unpaired) electrons. The van der Waals surface area contributed by atoms with Gasteiger partial charge in [0.1, 0.15) is 11.6 Å². The molecular weight excluding hydrogens is 270 g/mol. The van der Waals surface area contributed by atoms with Gasteiger partial charge in [0.15, 0.2) is 0 Å². The van der Waals surface area contributed by atoms with Crippen LogP contribution in [0.4, 0.5) is 8.78 Å². The molecule has 0 amide bonds.